The number of benzene rings is 1. The van der Waals surface area contributed by atoms with Gasteiger partial charge in [0.15, 0.2) is 0 Å². The fourth-order valence-corrected chi connectivity index (χ4v) is 2.65. The Labute approximate surface area is 152 Å². The highest BCUT2D eigenvalue weighted by atomic mass is 35.5. The molecule has 2 N–H and O–H groups in total. The molecule has 1 aromatic heterocycles. The van der Waals surface area contributed by atoms with E-state index in [4.69, 9.17) is 11.6 Å². The Hall–Kier alpha value is -2.58. The number of pyridine rings is 1. The van der Waals surface area contributed by atoms with Crippen LogP contribution in [0.5, 0.6) is 0 Å². The zero-order valence-electron chi connectivity index (χ0n) is 13.3. The number of hydrazine groups is 1. The molecule has 1 unspecified atom stereocenters. The van der Waals surface area contributed by atoms with Crippen molar-refractivity contribution in [2.24, 2.45) is 0 Å². The normalized spacial score (nSPS) is 17.2. The molecule has 3 rings (SSSR count). The molecule has 1 atom stereocenters. The smallest absolute Gasteiger partial charge is 0.347 e. The highest BCUT2D eigenvalue weighted by Crippen LogP contribution is 2.33. The van der Waals surface area contributed by atoms with Crippen LogP contribution in [-0.2, 0) is 11.3 Å². The predicted octanol–water partition coefficient (Wildman–Crippen LogP) is 3.19. The number of anilines is 1. The summed E-state index contributed by atoms with van der Waals surface area (Å²) in [7, 11) is 0. The molecule has 0 bridgehead atoms. The second kappa shape index (κ2) is 7.35. The second-order valence-corrected chi connectivity index (χ2v) is 5.94. The molecule has 1 aromatic carbocycles. The van der Waals surface area contributed by atoms with Gasteiger partial charge in [-0.2, -0.15) is 13.2 Å². The summed E-state index contributed by atoms with van der Waals surface area (Å²) < 4.78 is 39.4. The molecule has 0 aliphatic carbocycles. The monoisotopic (exact) mass is 382 g/mol. The molecule has 1 aliphatic heterocycles. The van der Waals surface area contributed by atoms with Gasteiger partial charge >= 0.3 is 6.18 Å². The molecule has 0 saturated carbocycles. The highest BCUT2D eigenvalue weighted by molar-refractivity contribution is 6.33. The van der Waals surface area contributed by atoms with Gasteiger partial charge in [-0.1, -0.05) is 29.8 Å². The third-order valence-electron chi connectivity index (χ3n) is 3.69. The molecule has 136 valence electrons. The lowest BCUT2D eigenvalue weighted by Gasteiger charge is -2.25. The van der Waals surface area contributed by atoms with Gasteiger partial charge < -0.3 is 5.32 Å². The van der Waals surface area contributed by atoms with Gasteiger partial charge in [0.1, 0.15) is 11.7 Å². The number of hydrogen-bond acceptors (Lipinski definition) is 4. The van der Waals surface area contributed by atoms with Crippen LogP contribution in [-0.4, -0.2) is 23.1 Å². The largest absolute Gasteiger partial charge is 0.409 e. The number of aromatic nitrogens is 1. The summed E-state index contributed by atoms with van der Waals surface area (Å²) in [6.45, 7) is 0.136. The number of carbonyl (C=O) groups excluding carboxylic acids is 1. The molecule has 9 heteroatoms. The van der Waals surface area contributed by atoms with E-state index in [2.05, 4.69) is 15.7 Å². The summed E-state index contributed by atoms with van der Waals surface area (Å²) in [6.07, 6.45) is -0.569. The third-order valence-corrected chi connectivity index (χ3v) is 4.01. The second-order valence-electron chi connectivity index (χ2n) is 5.53. The summed E-state index contributed by atoms with van der Waals surface area (Å²) in [5, 5.41) is 3.86. The number of nitrogens with one attached hydrogen (secondary N) is 2. The SMILES string of the molecule is O=C(NCc1cccnc1)C1=CC(C(F)(F)F)NN1c1ccccc1Cl. The van der Waals surface area contributed by atoms with E-state index >= 15 is 0 Å². The van der Waals surface area contributed by atoms with Crippen molar-refractivity contribution in [3.63, 3.8) is 0 Å². The van der Waals surface area contributed by atoms with Gasteiger partial charge in [0.05, 0.1) is 10.7 Å². The Kier molecular flexibility index (Phi) is 5.15. The Bertz CT molecular complexity index is 826. The van der Waals surface area contributed by atoms with Crippen LogP contribution >= 0.6 is 11.6 Å². The lowest BCUT2D eigenvalue weighted by Crippen LogP contribution is -2.46. The number of nitrogens with zero attached hydrogens (tertiary/aromatic N) is 2. The van der Waals surface area contributed by atoms with E-state index in [0.717, 1.165) is 16.6 Å². The van der Waals surface area contributed by atoms with Crippen LogP contribution in [0.1, 0.15) is 5.56 Å². The summed E-state index contributed by atoms with van der Waals surface area (Å²) in [4.78, 5) is 16.4. The average molecular weight is 383 g/mol. The number of hydrogen-bond donors (Lipinski definition) is 2. The molecule has 5 nitrogen and oxygen atoms in total. The molecule has 26 heavy (non-hydrogen) atoms. The molecule has 2 heterocycles. The van der Waals surface area contributed by atoms with Crippen LogP contribution in [0.3, 0.4) is 0 Å². The third kappa shape index (κ3) is 3.97. The first-order valence-electron chi connectivity index (χ1n) is 7.63. The van der Waals surface area contributed by atoms with Crippen molar-refractivity contribution in [3.05, 3.63) is 71.2 Å². The van der Waals surface area contributed by atoms with Crippen LogP contribution in [0.25, 0.3) is 0 Å². The maximum Gasteiger partial charge on any atom is 0.409 e. The fraction of sp³-hybridized carbons (Fsp3) is 0.176. The van der Waals surface area contributed by atoms with Crippen LogP contribution in [0.4, 0.5) is 18.9 Å². The van der Waals surface area contributed by atoms with Gasteiger partial charge in [-0.05, 0) is 29.8 Å². The van der Waals surface area contributed by atoms with Crippen molar-refractivity contribution in [2.45, 2.75) is 18.8 Å². The Morgan fingerprint density at radius 3 is 2.69 bits per heavy atom. The van der Waals surface area contributed by atoms with Gasteiger partial charge in [-0.3, -0.25) is 14.8 Å². The first-order chi connectivity index (χ1) is 12.4. The van der Waals surface area contributed by atoms with Gasteiger partial charge in [0, 0.05) is 18.9 Å². The summed E-state index contributed by atoms with van der Waals surface area (Å²) in [5.74, 6) is -0.659. The zero-order chi connectivity index (χ0) is 18.7. The minimum Gasteiger partial charge on any atom is -0.347 e. The molecule has 1 aliphatic rings. The molecule has 0 radical (unpaired) electrons. The molecule has 0 fully saturated rings. The zero-order valence-corrected chi connectivity index (χ0v) is 14.1. The average Bonchev–Trinajstić information content (AvgIpc) is 3.06. The van der Waals surface area contributed by atoms with E-state index in [9.17, 15) is 18.0 Å². The lowest BCUT2D eigenvalue weighted by atomic mass is 10.2. The van der Waals surface area contributed by atoms with Crippen molar-refractivity contribution in [2.75, 3.05) is 5.01 Å². The quantitative estimate of drug-likeness (QED) is 0.852. The molecular weight excluding hydrogens is 369 g/mol. The molecule has 1 amide bonds. The van der Waals surface area contributed by atoms with Crippen molar-refractivity contribution < 1.29 is 18.0 Å². The number of alkyl halides is 3. The van der Waals surface area contributed by atoms with Crippen LogP contribution in [0, 0.1) is 0 Å². The first kappa shape index (κ1) is 18.2. The van der Waals surface area contributed by atoms with E-state index in [1.807, 2.05) is 0 Å². The Morgan fingerprint density at radius 1 is 1.27 bits per heavy atom. The molecule has 0 spiro atoms. The predicted molar refractivity (Wildman–Crippen MR) is 91.1 cm³/mol. The van der Waals surface area contributed by atoms with Gasteiger partial charge in [0.25, 0.3) is 5.91 Å². The Balaban J connectivity index is 1.84. The summed E-state index contributed by atoms with van der Waals surface area (Å²) in [6, 6.07) is 7.79. The van der Waals surface area contributed by atoms with Crippen molar-refractivity contribution in [1.82, 2.24) is 15.7 Å². The van der Waals surface area contributed by atoms with E-state index < -0.39 is 18.1 Å². The van der Waals surface area contributed by atoms with Gasteiger partial charge in [-0.25, -0.2) is 5.43 Å². The van der Waals surface area contributed by atoms with E-state index in [1.165, 1.54) is 12.1 Å². The molecule has 2 aromatic rings. The fourth-order valence-electron chi connectivity index (χ4n) is 2.43. The first-order valence-corrected chi connectivity index (χ1v) is 8.00. The number of para-hydroxylation sites is 1. The standard InChI is InChI=1S/C17H14ClF3N4O/c18-12-5-1-2-6-13(12)25-14(8-15(24-25)17(19,20)21)16(26)23-10-11-4-3-7-22-9-11/h1-9,15,24H,10H2,(H,23,26). The number of amides is 1. The van der Waals surface area contributed by atoms with Gasteiger partial charge in [0.2, 0.25) is 0 Å². The Morgan fingerprint density at radius 2 is 2.04 bits per heavy atom. The minimum absolute atomic E-state index is 0.136. The lowest BCUT2D eigenvalue weighted by molar-refractivity contribution is -0.142. The maximum absolute atomic E-state index is 13.1. The molecular formula is C17H14ClF3N4O. The van der Waals surface area contributed by atoms with Crippen molar-refractivity contribution in [1.29, 1.82) is 0 Å². The topological polar surface area (TPSA) is 57.3 Å². The highest BCUT2D eigenvalue weighted by Gasteiger charge is 2.45. The van der Waals surface area contributed by atoms with Gasteiger partial charge in [-0.15, -0.1) is 0 Å². The number of halogens is 4. The van der Waals surface area contributed by atoms with Crippen LogP contribution in [0.15, 0.2) is 60.6 Å². The van der Waals surface area contributed by atoms with E-state index in [0.29, 0.717) is 0 Å². The maximum atomic E-state index is 13.1. The number of rotatable bonds is 4. The number of carbonyl (C=O) groups is 1. The van der Waals surface area contributed by atoms with E-state index in [-0.39, 0.29) is 23.0 Å². The van der Waals surface area contributed by atoms with Crippen molar-refractivity contribution >= 4 is 23.2 Å². The van der Waals surface area contributed by atoms with Crippen LogP contribution in [0.2, 0.25) is 5.02 Å². The minimum atomic E-state index is -4.55. The van der Waals surface area contributed by atoms with Crippen LogP contribution < -0.4 is 15.8 Å². The van der Waals surface area contributed by atoms with E-state index in [1.54, 1.807) is 36.7 Å². The molecule has 0 saturated heterocycles. The summed E-state index contributed by atoms with van der Waals surface area (Å²) in [5.41, 5.74) is 3.08. The summed E-state index contributed by atoms with van der Waals surface area (Å²) >= 11 is 6.08. The van der Waals surface area contributed by atoms with Crippen molar-refractivity contribution in [3.8, 4) is 0 Å².